The highest BCUT2D eigenvalue weighted by Crippen LogP contribution is 2.36. The molecule has 3 atom stereocenters. The van der Waals surface area contributed by atoms with Gasteiger partial charge in [0.2, 0.25) is 0 Å². The van der Waals surface area contributed by atoms with Crippen molar-refractivity contribution in [3.05, 3.63) is 11.6 Å². The van der Waals surface area contributed by atoms with E-state index in [0.29, 0.717) is 25.0 Å². The third-order valence-corrected chi connectivity index (χ3v) is 5.73. The zero-order chi connectivity index (χ0) is 16.2. The lowest BCUT2D eigenvalue weighted by molar-refractivity contribution is -0.929. The van der Waals surface area contributed by atoms with Crippen LogP contribution in [0.1, 0.15) is 53.4 Å². The number of carbonyl (C=O) groups excluding carboxylic acids is 1. The molecule has 2 rings (SSSR count). The average Bonchev–Trinajstić information content (AvgIpc) is 2.44. The van der Waals surface area contributed by atoms with Crippen LogP contribution in [0.3, 0.4) is 0 Å². The van der Waals surface area contributed by atoms with Gasteiger partial charge in [0.25, 0.3) is 0 Å². The number of ether oxygens (including phenoxy) is 1. The molecule has 0 bridgehead atoms. The molecule has 1 fully saturated rings. The fraction of sp³-hybridized carbons (Fsp3) is 0.842. The van der Waals surface area contributed by atoms with Crippen molar-refractivity contribution in [3.63, 3.8) is 0 Å². The lowest BCUT2D eigenvalue weighted by Crippen LogP contribution is -3.00. The third kappa shape index (κ3) is 5.60. The topological polar surface area (TPSA) is 26.3 Å². The summed E-state index contributed by atoms with van der Waals surface area (Å²) in [4.78, 5) is 12.1. The van der Waals surface area contributed by atoms with Crippen molar-refractivity contribution in [2.24, 2.45) is 17.8 Å². The Hall–Kier alpha value is -0.350. The summed E-state index contributed by atoms with van der Waals surface area (Å²) in [5.41, 5.74) is 1.53. The maximum Gasteiger partial charge on any atom is 0.361 e. The standard InChI is InChI=1S/C19H34NO2.BrH/c1-5-22-19(21)14-20(9-7-6-8-10-20)13-18-16(3)11-15(2)12-17(18)4;/h11,16-18H,5-10,12-14H2,1-4H3;1H/q+1;/p-1. The summed E-state index contributed by atoms with van der Waals surface area (Å²) in [5, 5.41) is 0. The van der Waals surface area contributed by atoms with Gasteiger partial charge in [0.15, 0.2) is 6.54 Å². The number of rotatable bonds is 5. The Bertz CT molecular complexity index is 416. The minimum atomic E-state index is -0.00719. The first-order valence-electron chi connectivity index (χ1n) is 9.14. The van der Waals surface area contributed by atoms with Crippen LogP contribution in [-0.2, 0) is 9.53 Å². The van der Waals surface area contributed by atoms with Gasteiger partial charge >= 0.3 is 5.97 Å². The Labute approximate surface area is 152 Å². The average molecular weight is 388 g/mol. The minimum absolute atomic E-state index is 0. The number of hydrogen-bond acceptors (Lipinski definition) is 2. The molecule has 0 amide bonds. The zero-order valence-electron chi connectivity index (χ0n) is 15.3. The molecule has 3 unspecified atom stereocenters. The summed E-state index contributed by atoms with van der Waals surface area (Å²) in [6.07, 6.45) is 7.50. The van der Waals surface area contributed by atoms with E-state index >= 15 is 0 Å². The SMILES string of the molecule is CCOC(=O)C[N+]1(CC2C(C)C=C(C)CC2C)CCCCC1.[Br-]. The number of halogens is 1. The molecule has 0 N–H and O–H groups in total. The van der Waals surface area contributed by atoms with E-state index in [2.05, 4.69) is 26.8 Å². The summed E-state index contributed by atoms with van der Waals surface area (Å²) >= 11 is 0. The molecule has 0 radical (unpaired) electrons. The van der Waals surface area contributed by atoms with Crippen LogP contribution < -0.4 is 17.0 Å². The van der Waals surface area contributed by atoms with Crippen LogP contribution in [-0.4, -0.2) is 43.2 Å². The normalized spacial score (nSPS) is 30.1. The van der Waals surface area contributed by atoms with E-state index in [1.165, 1.54) is 31.3 Å². The predicted molar refractivity (Wildman–Crippen MR) is 90.4 cm³/mol. The molecule has 134 valence electrons. The van der Waals surface area contributed by atoms with Crippen molar-refractivity contribution in [2.75, 3.05) is 32.8 Å². The van der Waals surface area contributed by atoms with Gasteiger partial charge in [0.05, 0.1) is 26.2 Å². The molecule has 1 aliphatic heterocycles. The van der Waals surface area contributed by atoms with Gasteiger partial charge in [-0.3, -0.25) is 0 Å². The van der Waals surface area contributed by atoms with E-state index < -0.39 is 0 Å². The van der Waals surface area contributed by atoms with Crippen molar-refractivity contribution in [1.82, 2.24) is 0 Å². The van der Waals surface area contributed by atoms with Gasteiger partial charge < -0.3 is 26.2 Å². The Balaban J connectivity index is 0.00000264. The first-order chi connectivity index (χ1) is 10.5. The quantitative estimate of drug-likeness (QED) is 0.396. The molecule has 2 aliphatic rings. The zero-order valence-corrected chi connectivity index (χ0v) is 16.9. The molecule has 0 spiro atoms. The van der Waals surface area contributed by atoms with Crippen molar-refractivity contribution >= 4 is 5.97 Å². The van der Waals surface area contributed by atoms with Crippen LogP contribution in [0.4, 0.5) is 0 Å². The lowest BCUT2D eigenvalue weighted by Gasteiger charge is -2.46. The highest BCUT2D eigenvalue weighted by atomic mass is 79.9. The molecule has 23 heavy (non-hydrogen) atoms. The second-order valence-corrected chi connectivity index (χ2v) is 7.71. The van der Waals surface area contributed by atoms with Gasteiger partial charge in [-0.1, -0.05) is 25.5 Å². The maximum atomic E-state index is 12.1. The van der Waals surface area contributed by atoms with Gasteiger partial charge in [-0.25, -0.2) is 4.79 Å². The number of nitrogens with zero attached hydrogens (tertiary/aromatic N) is 1. The first-order valence-corrected chi connectivity index (χ1v) is 9.14. The van der Waals surface area contributed by atoms with Crippen molar-refractivity contribution < 1.29 is 31.0 Å². The molecule has 3 nitrogen and oxygen atoms in total. The number of quaternary nitrogens is 1. The molecule has 1 aliphatic carbocycles. The fourth-order valence-electron chi connectivity index (χ4n) is 4.68. The van der Waals surface area contributed by atoms with Crippen molar-refractivity contribution in [1.29, 1.82) is 0 Å². The maximum absolute atomic E-state index is 12.1. The van der Waals surface area contributed by atoms with Gasteiger partial charge in [-0.15, -0.1) is 0 Å². The molecule has 0 aromatic carbocycles. The smallest absolute Gasteiger partial charge is 0.361 e. The highest BCUT2D eigenvalue weighted by Gasteiger charge is 2.39. The first kappa shape index (κ1) is 20.7. The van der Waals surface area contributed by atoms with Gasteiger partial charge in [-0.05, 0) is 51.4 Å². The van der Waals surface area contributed by atoms with E-state index in [1.807, 2.05) is 6.92 Å². The summed E-state index contributed by atoms with van der Waals surface area (Å²) < 4.78 is 6.23. The van der Waals surface area contributed by atoms with Crippen molar-refractivity contribution in [3.8, 4) is 0 Å². The molecule has 0 aromatic rings. The number of esters is 1. The Morgan fingerprint density at radius 3 is 2.48 bits per heavy atom. The van der Waals surface area contributed by atoms with Crippen LogP contribution in [0.25, 0.3) is 0 Å². The van der Waals surface area contributed by atoms with E-state index in [0.717, 1.165) is 30.0 Å². The largest absolute Gasteiger partial charge is 1.00 e. The lowest BCUT2D eigenvalue weighted by atomic mass is 9.74. The second-order valence-electron chi connectivity index (χ2n) is 7.71. The Morgan fingerprint density at radius 1 is 1.26 bits per heavy atom. The van der Waals surface area contributed by atoms with Gasteiger partial charge in [-0.2, -0.15) is 0 Å². The van der Waals surface area contributed by atoms with Crippen LogP contribution in [0.2, 0.25) is 0 Å². The number of allylic oxidation sites excluding steroid dienone is 2. The summed E-state index contributed by atoms with van der Waals surface area (Å²) in [6, 6.07) is 0. The summed E-state index contributed by atoms with van der Waals surface area (Å²) in [5.74, 6) is 2.03. The van der Waals surface area contributed by atoms with Crippen molar-refractivity contribution in [2.45, 2.75) is 53.4 Å². The van der Waals surface area contributed by atoms with Gasteiger partial charge in [0.1, 0.15) is 0 Å². The van der Waals surface area contributed by atoms with Crippen LogP contribution >= 0.6 is 0 Å². The highest BCUT2D eigenvalue weighted by molar-refractivity contribution is 5.70. The monoisotopic (exact) mass is 387 g/mol. The molecule has 0 saturated carbocycles. The Kier molecular flexibility index (Phi) is 8.29. The van der Waals surface area contributed by atoms with Crippen LogP contribution in [0.5, 0.6) is 0 Å². The van der Waals surface area contributed by atoms with Crippen LogP contribution in [0, 0.1) is 17.8 Å². The molecular formula is C19H34BrNO2. The molecule has 1 heterocycles. The molecule has 1 saturated heterocycles. The van der Waals surface area contributed by atoms with E-state index in [4.69, 9.17) is 4.74 Å². The number of carbonyl (C=O) groups is 1. The van der Waals surface area contributed by atoms with Crippen LogP contribution in [0.15, 0.2) is 11.6 Å². The molecule has 4 heteroatoms. The summed E-state index contributed by atoms with van der Waals surface area (Å²) in [7, 11) is 0. The molecule has 0 aromatic heterocycles. The molecular weight excluding hydrogens is 354 g/mol. The number of likely N-dealkylation sites (tertiary alicyclic amines) is 1. The second kappa shape index (κ2) is 9.22. The fourth-order valence-corrected chi connectivity index (χ4v) is 4.68. The van der Waals surface area contributed by atoms with E-state index in [9.17, 15) is 4.79 Å². The third-order valence-electron chi connectivity index (χ3n) is 5.73. The van der Waals surface area contributed by atoms with E-state index in [-0.39, 0.29) is 23.0 Å². The minimum Gasteiger partial charge on any atom is -1.00 e. The van der Waals surface area contributed by atoms with E-state index in [1.54, 1.807) is 0 Å². The summed E-state index contributed by atoms with van der Waals surface area (Å²) in [6.45, 7) is 13.4. The Morgan fingerprint density at radius 2 is 1.91 bits per heavy atom. The number of hydrogen-bond donors (Lipinski definition) is 0. The predicted octanol–water partition coefficient (Wildman–Crippen LogP) is 0.793. The van der Waals surface area contributed by atoms with Gasteiger partial charge in [0, 0.05) is 5.92 Å². The number of piperidine rings is 1.